The van der Waals surface area contributed by atoms with E-state index >= 15 is 0 Å². The topological polar surface area (TPSA) is 46.3 Å². The van der Waals surface area contributed by atoms with Gasteiger partial charge in [0.25, 0.3) is 0 Å². The van der Waals surface area contributed by atoms with Crippen LogP contribution in [0.5, 0.6) is 0 Å². The zero-order valence-electron chi connectivity index (χ0n) is 9.55. The van der Waals surface area contributed by atoms with Crippen LogP contribution >= 0.6 is 0 Å². The van der Waals surface area contributed by atoms with Crippen molar-refractivity contribution in [1.29, 1.82) is 0 Å². The summed E-state index contributed by atoms with van der Waals surface area (Å²) in [4.78, 5) is 13.8. The van der Waals surface area contributed by atoms with Crippen LogP contribution in [-0.4, -0.2) is 30.4 Å². The van der Waals surface area contributed by atoms with E-state index < -0.39 is 0 Å². The quantitative estimate of drug-likeness (QED) is 0.725. The predicted octanol–water partition coefficient (Wildman–Crippen LogP) is 1.23. The minimum Gasteiger partial charge on any atom is -0.342 e. The lowest BCUT2D eigenvalue weighted by Gasteiger charge is -2.22. The Labute approximate surface area is 86.6 Å². The van der Waals surface area contributed by atoms with Crippen LogP contribution in [0.4, 0.5) is 0 Å². The van der Waals surface area contributed by atoms with Gasteiger partial charge in [0.15, 0.2) is 0 Å². The van der Waals surface area contributed by atoms with E-state index in [0.717, 1.165) is 19.5 Å². The van der Waals surface area contributed by atoms with E-state index in [1.54, 1.807) is 0 Å². The van der Waals surface area contributed by atoms with Crippen molar-refractivity contribution < 1.29 is 4.79 Å². The molecule has 0 spiro atoms. The van der Waals surface area contributed by atoms with Crippen LogP contribution in [0.2, 0.25) is 0 Å². The summed E-state index contributed by atoms with van der Waals surface area (Å²) >= 11 is 0. The van der Waals surface area contributed by atoms with Gasteiger partial charge in [-0.05, 0) is 24.3 Å². The average Bonchev–Trinajstić information content (AvgIpc) is 2.48. The molecule has 14 heavy (non-hydrogen) atoms. The minimum atomic E-state index is 0.0951. The Morgan fingerprint density at radius 1 is 1.50 bits per heavy atom. The third-order valence-electron chi connectivity index (χ3n) is 2.65. The van der Waals surface area contributed by atoms with E-state index in [1.165, 1.54) is 0 Å². The first kappa shape index (κ1) is 11.5. The molecule has 0 radical (unpaired) electrons. The predicted molar refractivity (Wildman–Crippen MR) is 57.8 cm³/mol. The van der Waals surface area contributed by atoms with Crippen LogP contribution in [0.15, 0.2) is 0 Å². The van der Waals surface area contributed by atoms with Crippen molar-refractivity contribution in [2.75, 3.05) is 19.6 Å². The monoisotopic (exact) mass is 198 g/mol. The van der Waals surface area contributed by atoms with E-state index in [9.17, 15) is 4.79 Å². The van der Waals surface area contributed by atoms with Gasteiger partial charge >= 0.3 is 0 Å². The first-order valence-corrected chi connectivity index (χ1v) is 5.40. The van der Waals surface area contributed by atoms with Gasteiger partial charge in [-0.15, -0.1) is 0 Å². The van der Waals surface area contributed by atoms with Crippen LogP contribution in [0.3, 0.4) is 0 Å². The highest BCUT2D eigenvalue weighted by Gasteiger charge is 2.27. The van der Waals surface area contributed by atoms with Crippen molar-refractivity contribution in [3.8, 4) is 0 Å². The van der Waals surface area contributed by atoms with Gasteiger partial charge in [0, 0.05) is 19.5 Å². The summed E-state index contributed by atoms with van der Waals surface area (Å²) in [5, 5.41) is 0. The summed E-state index contributed by atoms with van der Waals surface area (Å²) in [5.41, 5.74) is 5.68. The number of nitrogens with zero attached hydrogens (tertiary/aromatic N) is 1. The molecular formula is C11H22N2O. The van der Waals surface area contributed by atoms with Crippen molar-refractivity contribution >= 4 is 5.91 Å². The molecule has 3 nitrogen and oxygen atoms in total. The van der Waals surface area contributed by atoms with E-state index in [4.69, 9.17) is 5.73 Å². The maximum absolute atomic E-state index is 11.8. The molecule has 0 saturated carbocycles. The standard InChI is InChI=1S/C11H22N2O/c1-11(2,3)6-10(14)13-5-4-9(7-12)8-13/h9H,4-8,12H2,1-3H3. The van der Waals surface area contributed by atoms with Crippen molar-refractivity contribution in [1.82, 2.24) is 4.90 Å². The van der Waals surface area contributed by atoms with Crippen LogP contribution in [0.25, 0.3) is 0 Å². The van der Waals surface area contributed by atoms with Crippen molar-refractivity contribution in [2.45, 2.75) is 33.6 Å². The maximum atomic E-state index is 11.8. The van der Waals surface area contributed by atoms with Crippen LogP contribution in [-0.2, 0) is 4.79 Å². The Kier molecular flexibility index (Phi) is 3.53. The van der Waals surface area contributed by atoms with E-state index in [1.807, 2.05) is 4.90 Å². The molecule has 1 aliphatic rings. The molecule has 1 amide bonds. The number of carbonyl (C=O) groups is 1. The van der Waals surface area contributed by atoms with Crippen LogP contribution in [0, 0.1) is 11.3 Å². The molecule has 1 rings (SSSR count). The molecule has 2 N–H and O–H groups in total. The van der Waals surface area contributed by atoms with E-state index in [0.29, 0.717) is 18.9 Å². The summed E-state index contributed by atoms with van der Waals surface area (Å²) in [5.74, 6) is 0.812. The molecule has 1 fully saturated rings. The van der Waals surface area contributed by atoms with Crippen molar-refractivity contribution in [3.05, 3.63) is 0 Å². The minimum absolute atomic E-state index is 0.0951. The van der Waals surface area contributed by atoms with Crippen LogP contribution in [0.1, 0.15) is 33.6 Å². The van der Waals surface area contributed by atoms with Gasteiger partial charge in [-0.1, -0.05) is 20.8 Å². The molecule has 1 saturated heterocycles. The van der Waals surface area contributed by atoms with E-state index in [-0.39, 0.29) is 11.3 Å². The molecule has 82 valence electrons. The Balaban J connectivity index is 2.40. The summed E-state index contributed by atoms with van der Waals surface area (Å²) in [7, 11) is 0. The second-order valence-electron chi connectivity index (χ2n) is 5.47. The molecule has 0 aromatic rings. The lowest BCUT2D eigenvalue weighted by Crippen LogP contribution is -2.32. The molecular weight excluding hydrogens is 176 g/mol. The smallest absolute Gasteiger partial charge is 0.223 e. The largest absolute Gasteiger partial charge is 0.342 e. The van der Waals surface area contributed by atoms with Gasteiger partial charge in [0.1, 0.15) is 0 Å². The third-order valence-corrected chi connectivity index (χ3v) is 2.65. The zero-order valence-corrected chi connectivity index (χ0v) is 9.55. The normalized spacial score (nSPS) is 22.9. The lowest BCUT2D eigenvalue weighted by molar-refractivity contribution is -0.132. The number of likely N-dealkylation sites (tertiary alicyclic amines) is 1. The first-order valence-electron chi connectivity index (χ1n) is 5.40. The zero-order chi connectivity index (χ0) is 10.8. The number of rotatable bonds is 2. The molecule has 1 unspecified atom stereocenters. The molecule has 0 aromatic heterocycles. The maximum Gasteiger partial charge on any atom is 0.223 e. The van der Waals surface area contributed by atoms with Gasteiger partial charge in [-0.2, -0.15) is 0 Å². The fourth-order valence-corrected chi connectivity index (χ4v) is 1.82. The number of hydrogen-bond donors (Lipinski definition) is 1. The number of nitrogens with two attached hydrogens (primary N) is 1. The highest BCUT2D eigenvalue weighted by molar-refractivity contribution is 5.77. The Bertz CT molecular complexity index is 208. The highest BCUT2D eigenvalue weighted by atomic mass is 16.2. The fourth-order valence-electron chi connectivity index (χ4n) is 1.82. The Hall–Kier alpha value is -0.570. The summed E-state index contributed by atoms with van der Waals surface area (Å²) in [6.45, 7) is 8.77. The summed E-state index contributed by atoms with van der Waals surface area (Å²) in [6, 6.07) is 0. The summed E-state index contributed by atoms with van der Waals surface area (Å²) < 4.78 is 0. The van der Waals surface area contributed by atoms with Gasteiger partial charge < -0.3 is 10.6 Å². The molecule has 1 aliphatic heterocycles. The molecule has 1 atom stereocenters. The molecule has 0 bridgehead atoms. The number of hydrogen-bond acceptors (Lipinski definition) is 2. The molecule has 0 aliphatic carbocycles. The van der Waals surface area contributed by atoms with Gasteiger partial charge in [-0.25, -0.2) is 0 Å². The average molecular weight is 198 g/mol. The van der Waals surface area contributed by atoms with Gasteiger partial charge in [0.05, 0.1) is 0 Å². The highest BCUT2D eigenvalue weighted by Crippen LogP contribution is 2.23. The molecule has 0 aromatic carbocycles. The van der Waals surface area contributed by atoms with Crippen molar-refractivity contribution in [3.63, 3.8) is 0 Å². The number of amides is 1. The van der Waals surface area contributed by atoms with E-state index in [2.05, 4.69) is 20.8 Å². The van der Waals surface area contributed by atoms with Gasteiger partial charge in [-0.3, -0.25) is 4.79 Å². The lowest BCUT2D eigenvalue weighted by atomic mass is 9.92. The number of carbonyl (C=O) groups excluding carboxylic acids is 1. The SMILES string of the molecule is CC(C)(C)CC(=O)N1CCC(CN)C1. The van der Waals surface area contributed by atoms with Crippen molar-refractivity contribution in [2.24, 2.45) is 17.1 Å². The second kappa shape index (κ2) is 4.30. The molecule has 1 heterocycles. The van der Waals surface area contributed by atoms with Gasteiger partial charge in [0.2, 0.25) is 5.91 Å². The fraction of sp³-hybridized carbons (Fsp3) is 0.909. The Morgan fingerprint density at radius 2 is 2.14 bits per heavy atom. The third kappa shape index (κ3) is 3.29. The Morgan fingerprint density at radius 3 is 2.57 bits per heavy atom. The first-order chi connectivity index (χ1) is 6.42. The molecule has 3 heteroatoms. The van der Waals surface area contributed by atoms with Crippen LogP contribution < -0.4 is 5.73 Å². The summed E-state index contributed by atoms with van der Waals surface area (Å²) in [6.07, 6.45) is 1.72. The second-order valence-corrected chi connectivity index (χ2v) is 5.47.